The molecule has 1 aliphatic rings. The summed E-state index contributed by atoms with van der Waals surface area (Å²) in [5.41, 5.74) is 2.21. The molecule has 1 fully saturated rings. The molecule has 1 saturated heterocycles. The SMILES string of the molecule is Cc1ccc(NC(=O)CCSCc2ccccn2)cc1S(=O)(=O)N1CCCCCC1. The highest BCUT2D eigenvalue weighted by Crippen LogP contribution is 2.26. The van der Waals surface area contributed by atoms with Crippen molar-refractivity contribution in [3.05, 3.63) is 53.9 Å². The van der Waals surface area contributed by atoms with Crippen LogP contribution in [-0.2, 0) is 20.6 Å². The average molecular weight is 448 g/mol. The highest BCUT2D eigenvalue weighted by Gasteiger charge is 2.27. The third-order valence-corrected chi connectivity index (χ3v) is 8.14. The van der Waals surface area contributed by atoms with Crippen LogP contribution in [0.15, 0.2) is 47.5 Å². The molecule has 0 bridgehead atoms. The van der Waals surface area contributed by atoms with Crippen molar-refractivity contribution in [3.63, 3.8) is 0 Å². The minimum absolute atomic E-state index is 0.120. The highest BCUT2D eigenvalue weighted by atomic mass is 32.2. The number of pyridine rings is 1. The van der Waals surface area contributed by atoms with Gasteiger partial charge >= 0.3 is 0 Å². The number of rotatable bonds is 8. The number of carbonyl (C=O) groups excluding carboxylic acids is 1. The van der Waals surface area contributed by atoms with Gasteiger partial charge in [-0.15, -0.1) is 0 Å². The number of hydrogen-bond donors (Lipinski definition) is 1. The fourth-order valence-corrected chi connectivity index (χ4v) is 6.05. The smallest absolute Gasteiger partial charge is 0.243 e. The largest absolute Gasteiger partial charge is 0.326 e. The zero-order valence-electron chi connectivity index (χ0n) is 17.3. The third kappa shape index (κ3) is 6.30. The van der Waals surface area contributed by atoms with Gasteiger partial charge in [-0.25, -0.2) is 8.42 Å². The molecule has 162 valence electrons. The van der Waals surface area contributed by atoms with Crippen LogP contribution in [0.5, 0.6) is 0 Å². The van der Waals surface area contributed by atoms with Crippen molar-refractivity contribution in [3.8, 4) is 0 Å². The van der Waals surface area contributed by atoms with Gasteiger partial charge < -0.3 is 5.32 Å². The lowest BCUT2D eigenvalue weighted by Gasteiger charge is -2.21. The standard InChI is InChI=1S/C22H29N3O3S2/c1-18-9-10-19(16-21(18)30(27,28)25-13-6-2-3-7-14-25)24-22(26)11-15-29-17-20-8-4-5-12-23-20/h4-5,8-10,12,16H,2-3,6-7,11,13-15,17H2,1H3,(H,24,26). The zero-order chi connectivity index (χ0) is 21.4. The summed E-state index contributed by atoms with van der Waals surface area (Å²) in [6.45, 7) is 2.92. The Bertz CT molecular complexity index is 941. The molecular formula is C22H29N3O3S2. The second-order valence-corrected chi connectivity index (χ2v) is 10.5. The first-order valence-electron chi connectivity index (χ1n) is 10.3. The highest BCUT2D eigenvalue weighted by molar-refractivity contribution is 7.98. The van der Waals surface area contributed by atoms with Gasteiger partial charge in [0.1, 0.15) is 0 Å². The Morgan fingerprint density at radius 3 is 2.60 bits per heavy atom. The molecule has 30 heavy (non-hydrogen) atoms. The number of anilines is 1. The van der Waals surface area contributed by atoms with E-state index in [0.717, 1.165) is 37.1 Å². The summed E-state index contributed by atoms with van der Waals surface area (Å²) < 4.78 is 27.9. The number of benzene rings is 1. The van der Waals surface area contributed by atoms with Crippen LogP contribution < -0.4 is 5.32 Å². The van der Waals surface area contributed by atoms with Crippen LogP contribution in [0.25, 0.3) is 0 Å². The molecule has 1 aromatic heterocycles. The molecule has 0 atom stereocenters. The lowest BCUT2D eigenvalue weighted by molar-refractivity contribution is -0.115. The second kappa shape index (κ2) is 10.9. The van der Waals surface area contributed by atoms with E-state index >= 15 is 0 Å². The molecule has 3 rings (SSSR count). The van der Waals surface area contributed by atoms with Gasteiger partial charge in [-0.2, -0.15) is 16.1 Å². The average Bonchev–Trinajstić information content (AvgIpc) is 3.03. The third-order valence-electron chi connectivity index (χ3n) is 5.10. The molecule has 0 aliphatic carbocycles. The number of amides is 1. The van der Waals surface area contributed by atoms with Crippen LogP contribution in [-0.4, -0.2) is 42.5 Å². The molecule has 0 radical (unpaired) electrons. The van der Waals surface area contributed by atoms with Gasteiger partial charge in [0, 0.05) is 42.9 Å². The van der Waals surface area contributed by atoms with E-state index in [4.69, 9.17) is 0 Å². The molecule has 8 heteroatoms. The topological polar surface area (TPSA) is 79.4 Å². The number of hydrogen-bond acceptors (Lipinski definition) is 5. The maximum absolute atomic E-state index is 13.1. The Labute approximate surface area is 183 Å². The molecule has 1 aromatic carbocycles. The molecule has 0 spiro atoms. The summed E-state index contributed by atoms with van der Waals surface area (Å²) in [5.74, 6) is 1.31. The van der Waals surface area contributed by atoms with Gasteiger partial charge in [0.25, 0.3) is 0 Å². The summed E-state index contributed by atoms with van der Waals surface area (Å²) in [6, 6.07) is 10.9. The van der Waals surface area contributed by atoms with E-state index < -0.39 is 10.0 Å². The summed E-state index contributed by atoms with van der Waals surface area (Å²) >= 11 is 1.65. The Morgan fingerprint density at radius 2 is 1.90 bits per heavy atom. The Hall–Kier alpha value is -1.90. The molecule has 1 N–H and O–H groups in total. The number of nitrogens with one attached hydrogen (secondary N) is 1. The zero-order valence-corrected chi connectivity index (χ0v) is 19.0. The van der Waals surface area contributed by atoms with E-state index in [1.807, 2.05) is 18.2 Å². The van der Waals surface area contributed by atoms with Crippen molar-refractivity contribution in [1.82, 2.24) is 9.29 Å². The summed E-state index contributed by atoms with van der Waals surface area (Å²) in [5, 5.41) is 2.84. The minimum Gasteiger partial charge on any atom is -0.326 e. The van der Waals surface area contributed by atoms with Gasteiger partial charge in [-0.05, 0) is 49.6 Å². The molecule has 2 heterocycles. The van der Waals surface area contributed by atoms with Crippen molar-refractivity contribution >= 4 is 33.4 Å². The van der Waals surface area contributed by atoms with Crippen molar-refractivity contribution in [2.75, 3.05) is 24.2 Å². The van der Waals surface area contributed by atoms with Gasteiger partial charge in [-0.3, -0.25) is 9.78 Å². The molecule has 2 aromatic rings. The van der Waals surface area contributed by atoms with E-state index in [-0.39, 0.29) is 10.8 Å². The number of sulfonamides is 1. The number of thioether (sulfide) groups is 1. The number of nitrogens with zero attached hydrogens (tertiary/aromatic N) is 2. The van der Waals surface area contributed by atoms with Crippen molar-refractivity contribution in [1.29, 1.82) is 0 Å². The van der Waals surface area contributed by atoms with Crippen LogP contribution >= 0.6 is 11.8 Å². The van der Waals surface area contributed by atoms with E-state index in [2.05, 4.69) is 10.3 Å². The van der Waals surface area contributed by atoms with Crippen LogP contribution in [0.4, 0.5) is 5.69 Å². The van der Waals surface area contributed by atoms with E-state index in [9.17, 15) is 13.2 Å². The molecule has 0 saturated carbocycles. The monoisotopic (exact) mass is 447 g/mol. The molecule has 1 amide bonds. The fraction of sp³-hybridized carbons (Fsp3) is 0.455. The molecular weight excluding hydrogens is 418 g/mol. The number of carbonyl (C=O) groups is 1. The lowest BCUT2D eigenvalue weighted by Crippen LogP contribution is -2.32. The van der Waals surface area contributed by atoms with Crippen molar-refractivity contribution < 1.29 is 13.2 Å². The van der Waals surface area contributed by atoms with E-state index in [0.29, 0.717) is 36.5 Å². The maximum Gasteiger partial charge on any atom is 0.243 e. The van der Waals surface area contributed by atoms with Crippen LogP contribution in [0.1, 0.15) is 43.4 Å². The Kier molecular flexibility index (Phi) is 8.30. The molecule has 6 nitrogen and oxygen atoms in total. The normalized spacial score (nSPS) is 15.5. The Balaban J connectivity index is 1.58. The predicted molar refractivity (Wildman–Crippen MR) is 122 cm³/mol. The van der Waals surface area contributed by atoms with Crippen molar-refractivity contribution in [2.45, 2.75) is 49.7 Å². The molecule has 0 unspecified atom stereocenters. The fourth-order valence-electron chi connectivity index (χ4n) is 3.43. The van der Waals surface area contributed by atoms with Gasteiger partial charge in [0.05, 0.1) is 10.6 Å². The van der Waals surface area contributed by atoms with Gasteiger partial charge in [0.2, 0.25) is 15.9 Å². The van der Waals surface area contributed by atoms with E-state index in [1.165, 1.54) is 0 Å². The lowest BCUT2D eigenvalue weighted by atomic mass is 10.2. The molecule has 1 aliphatic heterocycles. The van der Waals surface area contributed by atoms with Gasteiger partial charge in [0.15, 0.2) is 0 Å². The minimum atomic E-state index is -3.55. The first-order valence-corrected chi connectivity index (χ1v) is 12.9. The Morgan fingerprint density at radius 1 is 1.13 bits per heavy atom. The van der Waals surface area contributed by atoms with Gasteiger partial charge in [-0.1, -0.05) is 25.0 Å². The maximum atomic E-state index is 13.1. The quantitative estimate of drug-likeness (QED) is 0.613. The number of aryl methyl sites for hydroxylation is 1. The summed E-state index contributed by atoms with van der Waals surface area (Å²) in [7, 11) is -3.55. The van der Waals surface area contributed by atoms with Crippen LogP contribution in [0.3, 0.4) is 0 Å². The number of aromatic nitrogens is 1. The summed E-state index contributed by atoms with van der Waals surface area (Å²) in [4.78, 5) is 16.9. The van der Waals surface area contributed by atoms with Crippen LogP contribution in [0.2, 0.25) is 0 Å². The predicted octanol–water partition coefficient (Wildman–Crippen LogP) is 4.22. The first kappa shape index (κ1) is 22.8. The van der Waals surface area contributed by atoms with Crippen molar-refractivity contribution in [2.24, 2.45) is 0 Å². The first-order chi connectivity index (χ1) is 14.5. The van der Waals surface area contributed by atoms with Crippen LogP contribution in [0, 0.1) is 6.92 Å². The second-order valence-electron chi connectivity index (χ2n) is 7.47. The van der Waals surface area contributed by atoms with E-state index in [1.54, 1.807) is 47.4 Å². The summed E-state index contributed by atoms with van der Waals surface area (Å²) in [6.07, 6.45) is 6.05.